The Labute approximate surface area is 219 Å². The average Bonchev–Trinajstić information content (AvgIpc) is 3.30. The Morgan fingerprint density at radius 3 is 2.46 bits per heavy atom. The zero-order chi connectivity index (χ0) is 28.3. The topological polar surface area (TPSA) is 132 Å². The number of rotatable bonds is 6. The first-order valence-electron chi connectivity index (χ1n) is 11.7. The van der Waals surface area contributed by atoms with Gasteiger partial charge in [0.05, 0.1) is 6.54 Å². The molecule has 1 unspecified atom stereocenters. The Bertz CT molecular complexity index is 1580. The Hall–Kier alpha value is -4.58. The largest absolute Gasteiger partial charge is 0.491 e. The summed E-state index contributed by atoms with van der Waals surface area (Å²) in [6.07, 6.45) is -8.09. The van der Waals surface area contributed by atoms with Crippen molar-refractivity contribution in [1.29, 1.82) is 0 Å². The number of nitrogens with one attached hydrogen (secondary N) is 2. The highest BCUT2D eigenvalue weighted by Crippen LogP contribution is 2.23. The molecule has 1 fully saturated rings. The van der Waals surface area contributed by atoms with Gasteiger partial charge >= 0.3 is 17.8 Å². The smallest absolute Gasteiger partial charge is 0.424 e. The Kier molecular flexibility index (Phi) is 7.77. The molecular formula is C24H24F3N7O5. The predicted molar refractivity (Wildman–Crippen MR) is 134 cm³/mol. The summed E-state index contributed by atoms with van der Waals surface area (Å²) in [4.78, 5) is 58.3. The van der Waals surface area contributed by atoms with Crippen molar-refractivity contribution in [2.45, 2.75) is 25.9 Å². The lowest BCUT2D eigenvalue weighted by molar-refractivity contribution is -0.209. The lowest BCUT2D eigenvalue weighted by Gasteiger charge is -2.28. The van der Waals surface area contributed by atoms with E-state index in [9.17, 15) is 32.3 Å². The Morgan fingerprint density at radius 2 is 1.85 bits per heavy atom. The van der Waals surface area contributed by atoms with Crippen LogP contribution in [0.1, 0.15) is 13.2 Å². The lowest BCUT2D eigenvalue weighted by Crippen LogP contribution is -2.48. The number of alkyl halides is 3. The summed E-state index contributed by atoms with van der Waals surface area (Å²) < 4.78 is 46.4. The number of hydrogen-bond acceptors (Lipinski definition) is 8. The van der Waals surface area contributed by atoms with Gasteiger partial charge in [-0.15, -0.1) is 5.92 Å². The summed E-state index contributed by atoms with van der Waals surface area (Å²) in [5.41, 5.74) is -2.53. The van der Waals surface area contributed by atoms with E-state index in [1.807, 2.05) is 4.90 Å². The molecule has 1 amide bonds. The second-order valence-electron chi connectivity index (χ2n) is 8.46. The maximum Gasteiger partial charge on any atom is 0.491 e. The molecule has 12 nitrogen and oxygen atoms in total. The summed E-state index contributed by atoms with van der Waals surface area (Å²) in [7, 11) is 1.24. The summed E-state index contributed by atoms with van der Waals surface area (Å²) in [6.45, 7) is 3.84. The molecule has 1 atom stereocenters. The zero-order valence-electron chi connectivity index (χ0n) is 20.9. The van der Waals surface area contributed by atoms with Crippen molar-refractivity contribution in [3.63, 3.8) is 0 Å². The third-order valence-corrected chi connectivity index (χ3v) is 5.93. The minimum Gasteiger partial charge on any atom is -0.424 e. The van der Waals surface area contributed by atoms with Gasteiger partial charge in [-0.2, -0.15) is 18.2 Å². The summed E-state index contributed by atoms with van der Waals surface area (Å²) in [6, 6.07) is 7.54. The van der Waals surface area contributed by atoms with E-state index in [4.69, 9.17) is 0 Å². The number of carbonyl (C=O) groups is 2. The van der Waals surface area contributed by atoms with Crippen LogP contribution in [0.2, 0.25) is 0 Å². The maximum atomic E-state index is 13.8. The molecule has 0 radical (unpaired) electrons. The molecule has 1 aliphatic rings. The number of nitrogens with zero attached hydrogens (tertiary/aromatic N) is 5. The van der Waals surface area contributed by atoms with E-state index in [1.54, 1.807) is 13.0 Å². The van der Waals surface area contributed by atoms with E-state index < -0.39 is 35.5 Å². The van der Waals surface area contributed by atoms with Crippen molar-refractivity contribution in [2.24, 2.45) is 7.05 Å². The highest BCUT2D eigenvalue weighted by Gasteiger charge is 2.45. The number of esters is 1. The van der Waals surface area contributed by atoms with Crippen LogP contribution in [0.15, 0.2) is 39.9 Å². The van der Waals surface area contributed by atoms with E-state index in [-0.39, 0.29) is 28.0 Å². The van der Waals surface area contributed by atoms with E-state index >= 15 is 0 Å². The predicted octanol–water partition coefficient (Wildman–Crippen LogP) is 0.572. The summed E-state index contributed by atoms with van der Waals surface area (Å²) in [5.74, 6) is 1.74. The molecule has 4 rings (SSSR count). The molecule has 1 aliphatic heterocycles. The number of halogens is 3. The number of aryl methyl sites for hydroxylation is 1. The number of hydrogen-bond donors (Lipinski definition) is 2. The number of fused-ring (bicyclic) bond motifs is 1. The molecule has 0 saturated carbocycles. The second-order valence-corrected chi connectivity index (χ2v) is 8.46. The molecule has 1 saturated heterocycles. The van der Waals surface area contributed by atoms with Crippen LogP contribution in [0.25, 0.3) is 11.2 Å². The van der Waals surface area contributed by atoms with Crippen molar-refractivity contribution in [1.82, 2.24) is 24.0 Å². The number of aromatic nitrogens is 4. The standard InChI is InChI=1S/C24H24F3N7O5/c1-3-4-12-33-16-17(30-22(33)32-13-10-28-11-14-32)31(2)23(38)34(19(16)36)20(39-21(37)24(25,26)27)18(35)29-15-8-6-5-7-9-15/h5-9,20,28H,10-14H2,1-2H3,(H,29,35). The number of ether oxygens (including phenoxy) is 1. The molecule has 39 heavy (non-hydrogen) atoms. The van der Waals surface area contributed by atoms with Gasteiger partial charge < -0.3 is 20.3 Å². The molecule has 3 heterocycles. The fourth-order valence-electron chi connectivity index (χ4n) is 4.06. The van der Waals surface area contributed by atoms with Gasteiger partial charge in [0.2, 0.25) is 5.95 Å². The maximum absolute atomic E-state index is 13.8. The second kappa shape index (κ2) is 11.0. The number of amides is 1. The number of piperazine rings is 1. The molecule has 3 aromatic rings. The van der Waals surface area contributed by atoms with Crippen LogP contribution >= 0.6 is 0 Å². The van der Waals surface area contributed by atoms with Crippen LogP contribution < -0.4 is 26.8 Å². The molecule has 2 N–H and O–H groups in total. The van der Waals surface area contributed by atoms with Gasteiger partial charge in [-0.25, -0.2) is 14.2 Å². The quantitative estimate of drug-likeness (QED) is 0.338. The normalized spacial score (nSPS) is 14.4. The Balaban J connectivity index is 1.94. The molecule has 0 bridgehead atoms. The van der Waals surface area contributed by atoms with Gasteiger partial charge in [0.1, 0.15) is 0 Å². The van der Waals surface area contributed by atoms with Crippen LogP contribution in [0.5, 0.6) is 0 Å². The number of para-hydroxylation sites is 1. The van der Waals surface area contributed by atoms with Crippen molar-refractivity contribution < 1.29 is 27.5 Å². The SMILES string of the molecule is CC#CCn1c(N2CCNCC2)nc2c1c(=O)n(C(OC(=O)C(F)(F)F)C(=O)Nc1ccccc1)c(=O)n2C. The van der Waals surface area contributed by atoms with E-state index in [0.29, 0.717) is 32.1 Å². The molecular weight excluding hydrogens is 523 g/mol. The number of anilines is 2. The van der Waals surface area contributed by atoms with Gasteiger partial charge in [0, 0.05) is 38.9 Å². The van der Waals surface area contributed by atoms with Crippen LogP contribution in [-0.4, -0.2) is 62.9 Å². The first kappa shape index (κ1) is 27.5. The highest BCUT2D eigenvalue weighted by molar-refractivity contribution is 5.94. The third kappa shape index (κ3) is 5.50. The highest BCUT2D eigenvalue weighted by atomic mass is 19.4. The fraction of sp³-hybridized carbons (Fsp3) is 0.375. The number of benzene rings is 1. The molecule has 1 aromatic carbocycles. The average molecular weight is 547 g/mol. The molecule has 206 valence electrons. The molecule has 2 aromatic heterocycles. The first-order valence-corrected chi connectivity index (χ1v) is 11.7. The van der Waals surface area contributed by atoms with E-state index in [0.717, 1.165) is 4.57 Å². The molecule has 15 heteroatoms. The molecule has 0 aliphatic carbocycles. The summed E-state index contributed by atoms with van der Waals surface area (Å²) >= 11 is 0. The van der Waals surface area contributed by atoms with Crippen molar-refractivity contribution in [3.8, 4) is 11.8 Å². The van der Waals surface area contributed by atoms with Crippen LogP contribution in [-0.2, 0) is 27.9 Å². The van der Waals surface area contributed by atoms with Crippen LogP contribution in [0, 0.1) is 11.8 Å². The third-order valence-electron chi connectivity index (χ3n) is 5.93. The monoisotopic (exact) mass is 547 g/mol. The van der Waals surface area contributed by atoms with Crippen molar-refractivity contribution >= 4 is 34.7 Å². The molecule has 0 spiro atoms. The zero-order valence-corrected chi connectivity index (χ0v) is 20.9. The summed E-state index contributed by atoms with van der Waals surface area (Å²) in [5, 5.41) is 5.46. The lowest BCUT2D eigenvalue weighted by atomic mass is 10.3. The number of carbonyl (C=O) groups excluding carboxylic acids is 2. The van der Waals surface area contributed by atoms with Crippen molar-refractivity contribution in [3.05, 3.63) is 51.2 Å². The van der Waals surface area contributed by atoms with E-state index in [2.05, 4.69) is 32.2 Å². The Morgan fingerprint density at radius 1 is 1.18 bits per heavy atom. The minimum absolute atomic E-state index is 0.0388. The van der Waals surface area contributed by atoms with Gasteiger partial charge in [-0.3, -0.25) is 18.7 Å². The van der Waals surface area contributed by atoms with Crippen molar-refractivity contribution in [2.75, 3.05) is 36.4 Å². The minimum atomic E-state index is -5.50. The first-order chi connectivity index (χ1) is 18.5. The van der Waals surface area contributed by atoms with Gasteiger partial charge in [0.15, 0.2) is 11.2 Å². The van der Waals surface area contributed by atoms with Crippen LogP contribution in [0.3, 0.4) is 0 Å². The van der Waals surface area contributed by atoms with Gasteiger partial charge in [-0.05, 0) is 19.1 Å². The number of imidazole rings is 1. The van der Waals surface area contributed by atoms with Crippen LogP contribution in [0.4, 0.5) is 24.8 Å². The van der Waals surface area contributed by atoms with Gasteiger partial charge in [-0.1, -0.05) is 24.1 Å². The van der Waals surface area contributed by atoms with E-state index in [1.165, 1.54) is 35.9 Å². The fourth-order valence-corrected chi connectivity index (χ4v) is 4.06. The van der Waals surface area contributed by atoms with Gasteiger partial charge in [0.25, 0.3) is 17.7 Å².